The SMILES string of the molecule is CCC(C)C(=O)NCc1ccccc1C. The summed E-state index contributed by atoms with van der Waals surface area (Å²) in [5.41, 5.74) is 2.41. The topological polar surface area (TPSA) is 29.1 Å². The molecule has 1 aromatic rings. The van der Waals surface area contributed by atoms with Crippen LogP contribution in [-0.4, -0.2) is 5.91 Å². The van der Waals surface area contributed by atoms with Crippen molar-refractivity contribution in [2.24, 2.45) is 5.92 Å². The summed E-state index contributed by atoms with van der Waals surface area (Å²) in [6, 6.07) is 8.12. The number of carbonyl (C=O) groups is 1. The third-order valence-electron chi connectivity index (χ3n) is 2.77. The maximum absolute atomic E-state index is 11.5. The van der Waals surface area contributed by atoms with E-state index >= 15 is 0 Å². The third kappa shape index (κ3) is 3.39. The average molecular weight is 205 g/mol. The zero-order valence-electron chi connectivity index (χ0n) is 9.71. The molecule has 0 bridgehead atoms. The van der Waals surface area contributed by atoms with Gasteiger partial charge in [-0.3, -0.25) is 4.79 Å². The van der Waals surface area contributed by atoms with Gasteiger partial charge in [0, 0.05) is 12.5 Å². The summed E-state index contributed by atoms with van der Waals surface area (Å²) in [6.07, 6.45) is 0.888. The first-order chi connectivity index (χ1) is 7.15. The molecule has 0 fully saturated rings. The Hall–Kier alpha value is -1.31. The van der Waals surface area contributed by atoms with Crippen LogP contribution in [0.25, 0.3) is 0 Å². The van der Waals surface area contributed by atoms with Crippen LogP contribution in [-0.2, 0) is 11.3 Å². The van der Waals surface area contributed by atoms with Gasteiger partial charge in [0.15, 0.2) is 0 Å². The van der Waals surface area contributed by atoms with Crippen molar-refractivity contribution in [2.75, 3.05) is 0 Å². The number of benzene rings is 1. The van der Waals surface area contributed by atoms with Crippen LogP contribution in [0.3, 0.4) is 0 Å². The van der Waals surface area contributed by atoms with Crippen molar-refractivity contribution in [3.8, 4) is 0 Å². The number of aryl methyl sites for hydroxylation is 1. The summed E-state index contributed by atoms with van der Waals surface area (Å²) in [5, 5.41) is 2.95. The minimum atomic E-state index is 0.106. The van der Waals surface area contributed by atoms with Crippen LogP contribution in [0.1, 0.15) is 31.4 Å². The molecule has 0 spiro atoms. The van der Waals surface area contributed by atoms with Gasteiger partial charge >= 0.3 is 0 Å². The maximum atomic E-state index is 11.5. The van der Waals surface area contributed by atoms with Crippen molar-refractivity contribution in [3.63, 3.8) is 0 Å². The fourth-order valence-corrected chi connectivity index (χ4v) is 1.35. The van der Waals surface area contributed by atoms with Crippen molar-refractivity contribution in [1.29, 1.82) is 0 Å². The van der Waals surface area contributed by atoms with E-state index in [1.54, 1.807) is 0 Å². The third-order valence-corrected chi connectivity index (χ3v) is 2.77. The standard InChI is InChI=1S/C13H19NO/c1-4-10(2)13(15)14-9-12-8-6-5-7-11(12)3/h5-8,10H,4,9H2,1-3H3,(H,14,15). The second kappa shape index (κ2) is 5.54. The van der Waals surface area contributed by atoms with Gasteiger partial charge in [-0.25, -0.2) is 0 Å². The molecule has 1 atom stereocenters. The lowest BCUT2D eigenvalue weighted by Crippen LogP contribution is -2.28. The van der Waals surface area contributed by atoms with E-state index in [-0.39, 0.29) is 11.8 Å². The normalized spacial score (nSPS) is 12.2. The fraction of sp³-hybridized carbons (Fsp3) is 0.462. The van der Waals surface area contributed by atoms with Gasteiger partial charge in [-0.05, 0) is 24.5 Å². The Balaban J connectivity index is 2.51. The number of hydrogen-bond acceptors (Lipinski definition) is 1. The smallest absolute Gasteiger partial charge is 0.223 e. The highest BCUT2D eigenvalue weighted by Crippen LogP contribution is 2.07. The largest absolute Gasteiger partial charge is 0.352 e. The Kier molecular flexibility index (Phi) is 4.35. The van der Waals surface area contributed by atoms with E-state index in [0.717, 1.165) is 6.42 Å². The first kappa shape index (κ1) is 11.8. The zero-order valence-corrected chi connectivity index (χ0v) is 9.71. The Bertz CT molecular complexity index is 333. The lowest BCUT2D eigenvalue weighted by molar-refractivity contribution is -0.124. The van der Waals surface area contributed by atoms with Crippen LogP contribution in [0, 0.1) is 12.8 Å². The van der Waals surface area contributed by atoms with Crippen molar-refractivity contribution < 1.29 is 4.79 Å². The molecule has 2 nitrogen and oxygen atoms in total. The Morgan fingerprint density at radius 1 is 1.40 bits per heavy atom. The molecule has 1 rings (SSSR count). The van der Waals surface area contributed by atoms with Crippen LogP contribution >= 0.6 is 0 Å². The molecular formula is C13H19NO. The van der Waals surface area contributed by atoms with E-state index in [9.17, 15) is 4.79 Å². The van der Waals surface area contributed by atoms with Gasteiger partial charge in [-0.2, -0.15) is 0 Å². The fourth-order valence-electron chi connectivity index (χ4n) is 1.35. The molecule has 0 radical (unpaired) electrons. The number of carbonyl (C=O) groups excluding carboxylic acids is 1. The average Bonchev–Trinajstić information content (AvgIpc) is 2.26. The quantitative estimate of drug-likeness (QED) is 0.804. The molecule has 0 aliphatic heterocycles. The van der Waals surface area contributed by atoms with E-state index in [1.807, 2.05) is 32.0 Å². The first-order valence-electron chi connectivity index (χ1n) is 5.47. The van der Waals surface area contributed by atoms with E-state index in [0.29, 0.717) is 6.54 Å². The lowest BCUT2D eigenvalue weighted by Gasteiger charge is -2.11. The molecule has 1 amide bonds. The highest BCUT2D eigenvalue weighted by Gasteiger charge is 2.09. The van der Waals surface area contributed by atoms with Gasteiger partial charge in [-0.1, -0.05) is 38.1 Å². The molecule has 0 saturated carbocycles. The minimum absolute atomic E-state index is 0.106. The first-order valence-corrected chi connectivity index (χ1v) is 5.47. The van der Waals surface area contributed by atoms with Crippen LogP contribution in [0.15, 0.2) is 24.3 Å². The summed E-state index contributed by atoms with van der Waals surface area (Å²) < 4.78 is 0. The number of nitrogens with one attached hydrogen (secondary N) is 1. The minimum Gasteiger partial charge on any atom is -0.352 e. The van der Waals surface area contributed by atoms with Crippen molar-refractivity contribution in [1.82, 2.24) is 5.32 Å². The predicted octanol–water partition coefficient (Wildman–Crippen LogP) is 2.66. The molecule has 0 aliphatic rings. The van der Waals surface area contributed by atoms with Crippen LogP contribution in [0.5, 0.6) is 0 Å². The molecule has 1 N–H and O–H groups in total. The van der Waals surface area contributed by atoms with Crippen molar-refractivity contribution in [3.05, 3.63) is 35.4 Å². The van der Waals surface area contributed by atoms with E-state index < -0.39 is 0 Å². The molecule has 0 saturated heterocycles. The lowest BCUT2D eigenvalue weighted by atomic mass is 10.1. The number of amides is 1. The van der Waals surface area contributed by atoms with E-state index in [4.69, 9.17) is 0 Å². The molecule has 0 heterocycles. The second-order valence-corrected chi connectivity index (χ2v) is 3.95. The molecular weight excluding hydrogens is 186 g/mol. The van der Waals surface area contributed by atoms with Crippen LogP contribution < -0.4 is 5.32 Å². The van der Waals surface area contributed by atoms with E-state index in [2.05, 4.69) is 18.3 Å². The Labute approximate surface area is 91.7 Å². The van der Waals surface area contributed by atoms with Gasteiger partial charge in [0.2, 0.25) is 5.91 Å². The van der Waals surface area contributed by atoms with Gasteiger partial charge in [0.25, 0.3) is 0 Å². The number of rotatable bonds is 4. The van der Waals surface area contributed by atoms with E-state index in [1.165, 1.54) is 11.1 Å². The van der Waals surface area contributed by atoms with Gasteiger partial charge in [0.1, 0.15) is 0 Å². The molecule has 1 unspecified atom stereocenters. The molecule has 82 valence electrons. The second-order valence-electron chi connectivity index (χ2n) is 3.95. The number of hydrogen-bond donors (Lipinski definition) is 1. The highest BCUT2D eigenvalue weighted by atomic mass is 16.1. The van der Waals surface area contributed by atoms with Crippen LogP contribution in [0.4, 0.5) is 0 Å². The Morgan fingerprint density at radius 2 is 2.07 bits per heavy atom. The molecule has 0 aromatic heterocycles. The predicted molar refractivity (Wildman–Crippen MR) is 62.5 cm³/mol. The zero-order chi connectivity index (χ0) is 11.3. The van der Waals surface area contributed by atoms with Crippen molar-refractivity contribution >= 4 is 5.91 Å². The summed E-state index contributed by atoms with van der Waals surface area (Å²) in [6.45, 7) is 6.67. The summed E-state index contributed by atoms with van der Waals surface area (Å²) >= 11 is 0. The Morgan fingerprint density at radius 3 is 2.67 bits per heavy atom. The summed E-state index contributed by atoms with van der Waals surface area (Å²) in [7, 11) is 0. The highest BCUT2D eigenvalue weighted by molar-refractivity contribution is 5.78. The van der Waals surface area contributed by atoms with Crippen LogP contribution in [0.2, 0.25) is 0 Å². The van der Waals surface area contributed by atoms with Gasteiger partial charge < -0.3 is 5.32 Å². The molecule has 2 heteroatoms. The summed E-state index contributed by atoms with van der Waals surface area (Å²) in [5.74, 6) is 0.245. The summed E-state index contributed by atoms with van der Waals surface area (Å²) in [4.78, 5) is 11.5. The van der Waals surface area contributed by atoms with Gasteiger partial charge in [-0.15, -0.1) is 0 Å². The maximum Gasteiger partial charge on any atom is 0.223 e. The molecule has 15 heavy (non-hydrogen) atoms. The molecule has 0 aliphatic carbocycles. The van der Waals surface area contributed by atoms with Gasteiger partial charge in [0.05, 0.1) is 0 Å². The molecule has 1 aromatic carbocycles. The monoisotopic (exact) mass is 205 g/mol. The van der Waals surface area contributed by atoms with Crippen molar-refractivity contribution in [2.45, 2.75) is 33.7 Å².